The summed E-state index contributed by atoms with van der Waals surface area (Å²) in [5.41, 5.74) is 6.25. The van der Waals surface area contributed by atoms with Gasteiger partial charge in [0.25, 0.3) is 0 Å². The molecule has 3 rings (SSSR count). The van der Waals surface area contributed by atoms with Crippen molar-refractivity contribution in [2.24, 2.45) is 0 Å². The van der Waals surface area contributed by atoms with Gasteiger partial charge < -0.3 is 15.2 Å². The lowest BCUT2D eigenvalue weighted by atomic mass is 10.1. The fraction of sp³-hybridized carbons (Fsp3) is 0.400. The van der Waals surface area contributed by atoms with E-state index in [9.17, 15) is 9.59 Å². The summed E-state index contributed by atoms with van der Waals surface area (Å²) in [5.74, 6) is 0.499. The van der Waals surface area contributed by atoms with Gasteiger partial charge in [-0.2, -0.15) is 0 Å². The first-order chi connectivity index (χ1) is 14.0. The Bertz CT molecular complexity index is 850. The zero-order chi connectivity index (χ0) is 20.8. The van der Waals surface area contributed by atoms with Gasteiger partial charge in [0.05, 0.1) is 11.8 Å². The fourth-order valence-corrected chi connectivity index (χ4v) is 3.11. The number of nitrogens with zero attached hydrogens (tertiary/aromatic N) is 4. The number of hydrogen-bond donors (Lipinski definition) is 1. The Balaban J connectivity index is 1.88. The van der Waals surface area contributed by atoms with Crippen LogP contribution >= 0.6 is 0 Å². The molecular weight excluding hydrogens is 374 g/mol. The van der Waals surface area contributed by atoms with E-state index in [1.165, 1.54) is 5.01 Å². The van der Waals surface area contributed by atoms with Crippen LogP contribution in [0.5, 0.6) is 11.6 Å². The Labute approximate surface area is 169 Å². The van der Waals surface area contributed by atoms with Gasteiger partial charge in [0.15, 0.2) is 6.29 Å². The second-order valence-corrected chi connectivity index (χ2v) is 6.95. The topological polar surface area (TPSA) is 111 Å². The van der Waals surface area contributed by atoms with Crippen molar-refractivity contribution in [1.82, 2.24) is 15.0 Å². The van der Waals surface area contributed by atoms with Crippen LogP contribution in [0, 0.1) is 0 Å². The van der Waals surface area contributed by atoms with Gasteiger partial charge in [-0.25, -0.2) is 24.8 Å². The van der Waals surface area contributed by atoms with Crippen molar-refractivity contribution in [3.63, 3.8) is 0 Å². The van der Waals surface area contributed by atoms with Crippen molar-refractivity contribution in [3.05, 3.63) is 36.2 Å². The number of amides is 1. The molecule has 2 N–H and O–H groups in total. The number of nitrogens with two attached hydrogens (primary N) is 1. The summed E-state index contributed by atoms with van der Waals surface area (Å²) in [4.78, 5) is 32.0. The average molecular weight is 399 g/mol. The molecule has 1 aromatic heterocycles. The standard InChI is InChI=1S/C20H25N5O4/c1-14(2)28-16-8-6-15(7-9-16)25(24-10-4-3-5-11-24)20(27)29-19-17(12-26)18(21)22-13-23-19/h6-9,12-14H,3-5,10-11H2,1-2H3,(H2,21,22,23). The number of nitrogen functional groups attached to an aromatic ring is 1. The number of anilines is 2. The summed E-state index contributed by atoms with van der Waals surface area (Å²) in [5, 5.41) is 3.39. The van der Waals surface area contributed by atoms with Gasteiger partial charge in [-0.1, -0.05) is 6.42 Å². The number of aldehydes is 1. The number of piperidine rings is 1. The molecule has 0 spiro atoms. The molecule has 29 heavy (non-hydrogen) atoms. The van der Waals surface area contributed by atoms with Crippen molar-refractivity contribution in [3.8, 4) is 11.6 Å². The quantitative estimate of drug-likeness (QED) is 0.738. The molecule has 0 radical (unpaired) electrons. The van der Waals surface area contributed by atoms with Crippen molar-refractivity contribution in [2.75, 3.05) is 23.8 Å². The monoisotopic (exact) mass is 399 g/mol. The summed E-state index contributed by atoms with van der Waals surface area (Å²) in [6, 6.07) is 7.20. The number of aromatic nitrogens is 2. The molecule has 0 saturated carbocycles. The van der Waals surface area contributed by atoms with Gasteiger partial charge in [-0.15, -0.1) is 0 Å². The Morgan fingerprint density at radius 1 is 1.17 bits per heavy atom. The summed E-state index contributed by atoms with van der Waals surface area (Å²) in [6.45, 7) is 5.32. The highest BCUT2D eigenvalue weighted by Crippen LogP contribution is 2.26. The molecule has 0 bridgehead atoms. The van der Waals surface area contributed by atoms with Crippen LogP contribution in [-0.4, -0.2) is 46.5 Å². The van der Waals surface area contributed by atoms with Crippen LogP contribution in [0.2, 0.25) is 0 Å². The van der Waals surface area contributed by atoms with Gasteiger partial charge in [-0.05, 0) is 51.0 Å². The number of carbonyl (C=O) groups excluding carboxylic acids is 2. The van der Waals surface area contributed by atoms with Crippen molar-refractivity contribution < 1.29 is 19.1 Å². The van der Waals surface area contributed by atoms with E-state index < -0.39 is 6.09 Å². The lowest BCUT2D eigenvalue weighted by Crippen LogP contribution is -2.50. The first kappa shape index (κ1) is 20.5. The predicted octanol–water partition coefficient (Wildman–Crippen LogP) is 3.06. The third-order valence-electron chi connectivity index (χ3n) is 4.42. The van der Waals surface area contributed by atoms with Gasteiger partial charge in [0, 0.05) is 13.1 Å². The Morgan fingerprint density at radius 2 is 1.86 bits per heavy atom. The van der Waals surface area contributed by atoms with E-state index in [0.29, 0.717) is 30.8 Å². The molecule has 1 saturated heterocycles. The highest BCUT2D eigenvalue weighted by Gasteiger charge is 2.28. The molecule has 1 aliphatic heterocycles. The van der Waals surface area contributed by atoms with Crippen LogP contribution in [0.3, 0.4) is 0 Å². The second kappa shape index (κ2) is 9.33. The predicted molar refractivity (Wildman–Crippen MR) is 108 cm³/mol. The number of ether oxygens (including phenoxy) is 2. The molecule has 0 aliphatic carbocycles. The molecule has 0 unspecified atom stereocenters. The summed E-state index contributed by atoms with van der Waals surface area (Å²) >= 11 is 0. The highest BCUT2D eigenvalue weighted by molar-refractivity contribution is 5.91. The Hall–Kier alpha value is -3.20. The van der Waals surface area contributed by atoms with Crippen molar-refractivity contribution in [1.29, 1.82) is 0 Å². The lowest BCUT2D eigenvalue weighted by molar-refractivity contribution is 0.112. The molecule has 1 aromatic carbocycles. The lowest BCUT2D eigenvalue weighted by Gasteiger charge is -2.36. The van der Waals surface area contributed by atoms with E-state index >= 15 is 0 Å². The largest absolute Gasteiger partial charge is 0.491 e. The van der Waals surface area contributed by atoms with Crippen LogP contribution in [0.1, 0.15) is 43.5 Å². The van der Waals surface area contributed by atoms with Gasteiger partial charge in [0.2, 0.25) is 5.88 Å². The zero-order valence-electron chi connectivity index (χ0n) is 16.6. The molecule has 2 heterocycles. The molecular formula is C20H25N5O4. The summed E-state index contributed by atoms with van der Waals surface area (Å²) in [6.07, 6.45) is 4.05. The maximum atomic E-state index is 13.1. The molecule has 9 heteroatoms. The van der Waals surface area contributed by atoms with Crippen LogP contribution < -0.4 is 20.2 Å². The molecule has 1 aliphatic rings. The van der Waals surface area contributed by atoms with Crippen LogP contribution in [-0.2, 0) is 0 Å². The fourth-order valence-electron chi connectivity index (χ4n) is 3.11. The van der Waals surface area contributed by atoms with Crippen LogP contribution in [0.15, 0.2) is 30.6 Å². The minimum atomic E-state index is -0.675. The number of carbonyl (C=O) groups is 2. The van der Waals surface area contributed by atoms with Gasteiger partial charge >= 0.3 is 6.09 Å². The Morgan fingerprint density at radius 3 is 2.48 bits per heavy atom. The highest BCUT2D eigenvalue weighted by atomic mass is 16.6. The van der Waals surface area contributed by atoms with E-state index in [-0.39, 0.29) is 23.4 Å². The molecule has 9 nitrogen and oxygen atoms in total. The smallest absolute Gasteiger partial charge is 0.436 e. The maximum Gasteiger partial charge on any atom is 0.436 e. The molecule has 2 aromatic rings. The number of benzene rings is 1. The van der Waals surface area contributed by atoms with Crippen molar-refractivity contribution in [2.45, 2.75) is 39.2 Å². The van der Waals surface area contributed by atoms with Crippen molar-refractivity contribution >= 4 is 23.9 Å². The second-order valence-electron chi connectivity index (χ2n) is 6.95. The maximum absolute atomic E-state index is 13.1. The zero-order valence-corrected chi connectivity index (χ0v) is 16.6. The number of rotatable bonds is 6. The van der Waals surface area contributed by atoms with Crippen LogP contribution in [0.25, 0.3) is 0 Å². The van der Waals surface area contributed by atoms with E-state index in [2.05, 4.69) is 9.97 Å². The van der Waals surface area contributed by atoms with E-state index in [1.54, 1.807) is 24.3 Å². The average Bonchev–Trinajstić information content (AvgIpc) is 2.70. The molecule has 0 atom stereocenters. The normalized spacial score (nSPS) is 14.4. The molecule has 154 valence electrons. The van der Waals surface area contributed by atoms with E-state index in [4.69, 9.17) is 15.2 Å². The van der Waals surface area contributed by atoms with Gasteiger partial charge in [0.1, 0.15) is 23.5 Å². The Kier molecular flexibility index (Phi) is 6.61. The first-order valence-corrected chi connectivity index (χ1v) is 9.58. The van der Waals surface area contributed by atoms with Crippen LogP contribution in [0.4, 0.5) is 16.3 Å². The minimum Gasteiger partial charge on any atom is -0.491 e. The van der Waals surface area contributed by atoms with Gasteiger partial charge in [-0.3, -0.25) is 4.79 Å². The van der Waals surface area contributed by atoms with E-state index in [0.717, 1.165) is 25.6 Å². The number of hydrazine groups is 1. The number of hydrogen-bond acceptors (Lipinski definition) is 8. The minimum absolute atomic E-state index is 0.0440. The first-order valence-electron chi connectivity index (χ1n) is 9.58. The molecule has 1 fully saturated rings. The third-order valence-corrected chi connectivity index (χ3v) is 4.42. The third kappa shape index (κ3) is 5.00. The van der Waals surface area contributed by atoms with E-state index in [1.807, 2.05) is 18.9 Å². The molecule has 1 amide bonds. The summed E-state index contributed by atoms with van der Waals surface area (Å²) < 4.78 is 11.1. The summed E-state index contributed by atoms with van der Waals surface area (Å²) in [7, 11) is 0. The SMILES string of the molecule is CC(C)Oc1ccc(N(C(=O)Oc2ncnc(N)c2C=O)N2CCCCC2)cc1.